The van der Waals surface area contributed by atoms with Crippen LogP contribution in [-0.4, -0.2) is 41.2 Å². The van der Waals surface area contributed by atoms with Gasteiger partial charge in [-0.1, -0.05) is 36.4 Å². The Morgan fingerprint density at radius 3 is 2.80 bits per heavy atom. The van der Waals surface area contributed by atoms with Gasteiger partial charge in [0.1, 0.15) is 5.75 Å². The summed E-state index contributed by atoms with van der Waals surface area (Å²) in [6.45, 7) is 2.10. The second-order valence-electron chi connectivity index (χ2n) is 7.19. The van der Waals surface area contributed by atoms with Crippen LogP contribution in [0.4, 0.5) is 0 Å². The van der Waals surface area contributed by atoms with E-state index in [0.29, 0.717) is 18.0 Å². The van der Waals surface area contributed by atoms with Crippen molar-refractivity contribution in [2.75, 3.05) is 19.7 Å². The van der Waals surface area contributed by atoms with E-state index in [4.69, 9.17) is 4.74 Å². The molecule has 0 radical (unpaired) electrons. The summed E-state index contributed by atoms with van der Waals surface area (Å²) in [5.74, 6) is 0.498. The normalized spacial score (nSPS) is 26.1. The fourth-order valence-electron chi connectivity index (χ4n) is 4.16. The molecule has 0 unspecified atom stereocenters. The maximum atomic E-state index is 12.8. The molecule has 1 spiro atoms. The van der Waals surface area contributed by atoms with Crippen molar-refractivity contribution in [1.29, 1.82) is 0 Å². The lowest BCUT2D eigenvalue weighted by atomic mass is 9.84. The summed E-state index contributed by atoms with van der Waals surface area (Å²) >= 11 is 0. The van der Waals surface area contributed by atoms with Gasteiger partial charge < -0.3 is 14.7 Å². The first kappa shape index (κ1) is 16.2. The molecular formula is C21H23NO3. The molecule has 2 atom stereocenters. The molecule has 4 nitrogen and oxygen atoms in total. The minimum Gasteiger partial charge on any atom is -0.508 e. The first-order chi connectivity index (χ1) is 12.2. The molecule has 0 aliphatic carbocycles. The highest BCUT2D eigenvalue weighted by Gasteiger charge is 2.44. The van der Waals surface area contributed by atoms with Gasteiger partial charge in [-0.15, -0.1) is 0 Å². The van der Waals surface area contributed by atoms with Gasteiger partial charge in [0.2, 0.25) is 0 Å². The van der Waals surface area contributed by atoms with E-state index in [1.165, 1.54) is 11.6 Å². The van der Waals surface area contributed by atoms with E-state index in [0.717, 1.165) is 32.4 Å². The molecular weight excluding hydrogens is 314 g/mol. The number of ether oxygens (including phenoxy) is 1. The molecule has 1 N–H and O–H groups in total. The average molecular weight is 337 g/mol. The second kappa shape index (κ2) is 6.52. The Kier molecular flexibility index (Phi) is 4.22. The van der Waals surface area contributed by atoms with E-state index >= 15 is 0 Å². The predicted molar refractivity (Wildman–Crippen MR) is 95.7 cm³/mol. The third kappa shape index (κ3) is 3.27. The zero-order valence-electron chi connectivity index (χ0n) is 14.2. The topological polar surface area (TPSA) is 49.8 Å². The van der Waals surface area contributed by atoms with Crippen molar-refractivity contribution in [3.8, 4) is 5.75 Å². The van der Waals surface area contributed by atoms with Gasteiger partial charge in [0.25, 0.3) is 5.91 Å². The molecule has 4 rings (SSSR count). The van der Waals surface area contributed by atoms with Crippen LogP contribution in [0.25, 0.3) is 0 Å². The third-order valence-electron chi connectivity index (χ3n) is 5.40. The van der Waals surface area contributed by atoms with Crippen molar-refractivity contribution in [2.45, 2.75) is 30.8 Å². The molecule has 2 saturated heterocycles. The highest BCUT2D eigenvalue weighted by molar-refractivity contribution is 5.94. The smallest absolute Gasteiger partial charge is 0.254 e. The van der Waals surface area contributed by atoms with E-state index in [9.17, 15) is 9.90 Å². The standard InChI is InChI=1S/C21H23NO3/c23-19-9-4-8-17(12-19)20(24)22-11-5-10-21(15-22)13-18(14-25-21)16-6-2-1-3-7-16/h1-4,6-9,12,18,23H,5,10-11,13-15H2/t18-,21+/m1/s1. The Balaban J connectivity index is 1.49. The van der Waals surface area contributed by atoms with Crippen LogP contribution in [0, 0.1) is 0 Å². The van der Waals surface area contributed by atoms with Crippen molar-refractivity contribution in [3.05, 3.63) is 65.7 Å². The third-order valence-corrected chi connectivity index (χ3v) is 5.40. The lowest BCUT2D eigenvalue weighted by Gasteiger charge is -2.40. The van der Waals surface area contributed by atoms with Crippen molar-refractivity contribution < 1.29 is 14.6 Å². The van der Waals surface area contributed by atoms with Gasteiger partial charge in [-0.2, -0.15) is 0 Å². The summed E-state index contributed by atoms with van der Waals surface area (Å²) in [4.78, 5) is 14.7. The number of nitrogens with zero attached hydrogens (tertiary/aromatic N) is 1. The van der Waals surface area contributed by atoms with Gasteiger partial charge in [-0.3, -0.25) is 4.79 Å². The summed E-state index contributed by atoms with van der Waals surface area (Å²) in [6.07, 6.45) is 2.91. The Morgan fingerprint density at radius 1 is 1.16 bits per heavy atom. The summed E-state index contributed by atoms with van der Waals surface area (Å²) in [5.41, 5.74) is 1.62. The highest BCUT2D eigenvalue weighted by Crippen LogP contribution is 2.41. The van der Waals surface area contributed by atoms with E-state index in [2.05, 4.69) is 24.3 Å². The van der Waals surface area contributed by atoms with Crippen molar-refractivity contribution >= 4 is 5.91 Å². The van der Waals surface area contributed by atoms with Crippen LogP contribution in [0.2, 0.25) is 0 Å². The number of amides is 1. The van der Waals surface area contributed by atoms with Crippen LogP contribution in [-0.2, 0) is 4.74 Å². The Morgan fingerprint density at radius 2 is 2.00 bits per heavy atom. The molecule has 0 bridgehead atoms. The molecule has 4 heteroatoms. The first-order valence-electron chi connectivity index (χ1n) is 8.92. The molecule has 130 valence electrons. The number of carbonyl (C=O) groups is 1. The van der Waals surface area contributed by atoms with Crippen LogP contribution in [0.15, 0.2) is 54.6 Å². The largest absolute Gasteiger partial charge is 0.508 e. The van der Waals surface area contributed by atoms with Gasteiger partial charge >= 0.3 is 0 Å². The SMILES string of the molecule is O=C(c1cccc(O)c1)N1CCC[C@]2(C[C@@H](c3ccccc3)CO2)C1. The van der Waals surface area contributed by atoms with Crippen LogP contribution >= 0.6 is 0 Å². The maximum absolute atomic E-state index is 12.8. The number of carbonyl (C=O) groups excluding carboxylic acids is 1. The highest BCUT2D eigenvalue weighted by atomic mass is 16.5. The van der Waals surface area contributed by atoms with E-state index < -0.39 is 0 Å². The number of rotatable bonds is 2. The summed E-state index contributed by atoms with van der Waals surface area (Å²) in [7, 11) is 0. The van der Waals surface area contributed by atoms with Gasteiger partial charge in [0.15, 0.2) is 0 Å². The van der Waals surface area contributed by atoms with Crippen LogP contribution < -0.4 is 0 Å². The van der Waals surface area contributed by atoms with Crippen LogP contribution in [0.5, 0.6) is 5.75 Å². The van der Waals surface area contributed by atoms with Gasteiger partial charge in [-0.25, -0.2) is 0 Å². The zero-order chi connectivity index (χ0) is 17.3. The lowest BCUT2D eigenvalue weighted by Crippen LogP contribution is -2.50. The predicted octanol–water partition coefficient (Wildman–Crippen LogP) is 3.57. The molecule has 25 heavy (non-hydrogen) atoms. The van der Waals surface area contributed by atoms with Crippen molar-refractivity contribution in [3.63, 3.8) is 0 Å². The Bertz CT molecular complexity index is 761. The molecule has 1 amide bonds. The molecule has 2 aliphatic heterocycles. The fourth-order valence-corrected chi connectivity index (χ4v) is 4.16. The monoisotopic (exact) mass is 337 g/mol. The number of phenolic OH excluding ortho intramolecular Hbond substituents is 1. The number of likely N-dealkylation sites (tertiary alicyclic amines) is 1. The molecule has 0 aromatic heterocycles. The average Bonchev–Trinajstić information content (AvgIpc) is 3.05. The summed E-state index contributed by atoms with van der Waals surface area (Å²) in [5, 5.41) is 9.63. The fraction of sp³-hybridized carbons (Fsp3) is 0.381. The minimum absolute atomic E-state index is 0.0262. The van der Waals surface area contributed by atoms with E-state index in [-0.39, 0.29) is 17.3 Å². The zero-order valence-corrected chi connectivity index (χ0v) is 14.2. The number of hydrogen-bond donors (Lipinski definition) is 1. The Labute approximate surface area is 148 Å². The van der Waals surface area contributed by atoms with Gasteiger partial charge in [0.05, 0.1) is 12.2 Å². The molecule has 2 aliphatic rings. The van der Waals surface area contributed by atoms with Crippen LogP contribution in [0.1, 0.15) is 41.1 Å². The second-order valence-corrected chi connectivity index (χ2v) is 7.19. The molecule has 2 heterocycles. The molecule has 2 fully saturated rings. The van der Waals surface area contributed by atoms with Gasteiger partial charge in [-0.05, 0) is 43.0 Å². The quantitative estimate of drug-likeness (QED) is 0.911. The van der Waals surface area contributed by atoms with E-state index in [1.807, 2.05) is 11.0 Å². The summed E-state index contributed by atoms with van der Waals surface area (Å²) in [6, 6.07) is 17.1. The maximum Gasteiger partial charge on any atom is 0.254 e. The van der Waals surface area contributed by atoms with E-state index in [1.54, 1.807) is 18.2 Å². The molecule has 2 aromatic carbocycles. The Hall–Kier alpha value is -2.33. The number of hydrogen-bond acceptors (Lipinski definition) is 3. The van der Waals surface area contributed by atoms with Crippen LogP contribution in [0.3, 0.4) is 0 Å². The van der Waals surface area contributed by atoms with Crippen molar-refractivity contribution in [2.24, 2.45) is 0 Å². The molecule has 2 aromatic rings. The molecule has 0 saturated carbocycles. The number of aromatic hydroxyl groups is 1. The number of phenols is 1. The summed E-state index contributed by atoms with van der Waals surface area (Å²) < 4.78 is 6.25. The minimum atomic E-state index is -0.231. The van der Waals surface area contributed by atoms with Crippen molar-refractivity contribution in [1.82, 2.24) is 4.90 Å². The lowest BCUT2D eigenvalue weighted by molar-refractivity contribution is -0.0447. The first-order valence-corrected chi connectivity index (χ1v) is 8.92. The number of piperidine rings is 1. The number of benzene rings is 2. The van der Waals surface area contributed by atoms with Gasteiger partial charge in [0, 0.05) is 24.6 Å².